The predicted octanol–water partition coefficient (Wildman–Crippen LogP) is 4.64. The molecule has 1 saturated heterocycles. The fourth-order valence-corrected chi connectivity index (χ4v) is 4.78. The second-order valence-corrected chi connectivity index (χ2v) is 9.56. The van der Waals surface area contributed by atoms with Crippen LogP contribution in [0.15, 0.2) is 59.2 Å². The second kappa shape index (κ2) is 10.8. The van der Waals surface area contributed by atoms with Crippen LogP contribution in [-0.2, 0) is 22.6 Å². The third-order valence-corrected chi connectivity index (χ3v) is 6.56. The number of aryl methyl sites for hydroxylation is 1. The smallest absolute Gasteiger partial charge is 0.290 e. The van der Waals surface area contributed by atoms with Gasteiger partial charge in [0, 0.05) is 29.5 Å². The number of thiophene rings is 1. The Morgan fingerprint density at radius 3 is 2.55 bits per heavy atom. The van der Waals surface area contributed by atoms with Crippen LogP contribution >= 0.6 is 11.3 Å². The van der Waals surface area contributed by atoms with Crippen LogP contribution in [0.3, 0.4) is 0 Å². The molecule has 1 aliphatic heterocycles. The Morgan fingerprint density at radius 1 is 1.09 bits per heavy atom. The summed E-state index contributed by atoms with van der Waals surface area (Å²) in [5, 5.41) is 0. The Hall–Kier alpha value is -2.97. The molecule has 1 unspecified atom stereocenters. The van der Waals surface area contributed by atoms with E-state index in [1.807, 2.05) is 19.1 Å². The minimum absolute atomic E-state index is 0.0923. The van der Waals surface area contributed by atoms with Crippen LogP contribution in [0.4, 0.5) is 4.39 Å². The molecule has 6 nitrogen and oxygen atoms in total. The molecular weight excluding hydrogens is 443 g/mol. The van der Waals surface area contributed by atoms with E-state index in [0.717, 1.165) is 28.2 Å². The molecule has 0 radical (unpaired) electrons. The summed E-state index contributed by atoms with van der Waals surface area (Å²) in [6.07, 6.45) is 3.14. The molecule has 2 amide bonds. The van der Waals surface area contributed by atoms with Crippen molar-refractivity contribution in [3.63, 3.8) is 0 Å². The lowest BCUT2D eigenvalue weighted by atomic mass is 10.2. The van der Waals surface area contributed by atoms with Gasteiger partial charge in [0.1, 0.15) is 12.4 Å². The number of amides is 2. The lowest BCUT2D eigenvalue weighted by molar-refractivity contribution is -0.133. The Kier molecular flexibility index (Phi) is 7.57. The molecule has 0 bridgehead atoms. The van der Waals surface area contributed by atoms with Gasteiger partial charge in [-0.1, -0.05) is 12.1 Å². The van der Waals surface area contributed by atoms with Gasteiger partial charge in [0.2, 0.25) is 5.91 Å². The van der Waals surface area contributed by atoms with Crippen molar-refractivity contribution in [1.29, 1.82) is 0 Å². The maximum atomic E-state index is 13.5. The van der Waals surface area contributed by atoms with E-state index in [0.29, 0.717) is 26.2 Å². The molecule has 3 heterocycles. The molecule has 3 aromatic rings. The molecule has 8 heteroatoms. The van der Waals surface area contributed by atoms with Crippen molar-refractivity contribution >= 4 is 23.2 Å². The van der Waals surface area contributed by atoms with Gasteiger partial charge in [0.15, 0.2) is 5.76 Å². The number of rotatable bonds is 9. The van der Waals surface area contributed by atoms with Gasteiger partial charge < -0.3 is 19.0 Å². The summed E-state index contributed by atoms with van der Waals surface area (Å²) in [5.41, 5.74) is 0.820. The van der Waals surface area contributed by atoms with Crippen molar-refractivity contribution in [1.82, 2.24) is 9.80 Å². The zero-order chi connectivity index (χ0) is 23.2. The van der Waals surface area contributed by atoms with Crippen LogP contribution in [0.25, 0.3) is 0 Å². The monoisotopic (exact) mass is 470 g/mol. The van der Waals surface area contributed by atoms with E-state index >= 15 is 0 Å². The molecule has 4 rings (SSSR count). The van der Waals surface area contributed by atoms with Crippen LogP contribution in [-0.4, -0.2) is 47.4 Å². The quantitative estimate of drug-likeness (QED) is 0.457. The minimum atomic E-state index is -0.336. The SMILES string of the molecule is Cc1ccc(CN(Cc2ccc(F)cc2)C(=O)CN(CC2CCCO2)C(=O)c2ccco2)s1. The van der Waals surface area contributed by atoms with E-state index in [1.165, 1.54) is 23.3 Å². The number of ether oxygens (including phenoxy) is 1. The van der Waals surface area contributed by atoms with E-state index < -0.39 is 0 Å². The lowest BCUT2D eigenvalue weighted by Crippen LogP contribution is -2.45. The topological polar surface area (TPSA) is 63.0 Å². The highest BCUT2D eigenvalue weighted by Gasteiger charge is 2.28. The first-order chi connectivity index (χ1) is 16.0. The van der Waals surface area contributed by atoms with E-state index in [4.69, 9.17) is 9.15 Å². The molecule has 1 aliphatic rings. The van der Waals surface area contributed by atoms with Crippen molar-refractivity contribution in [2.45, 2.75) is 39.0 Å². The van der Waals surface area contributed by atoms with Crippen molar-refractivity contribution in [3.05, 3.63) is 81.7 Å². The van der Waals surface area contributed by atoms with Crippen LogP contribution in [0.1, 0.15) is 38.7 Å². The van der Waals surface area contributed by atoms with Gasteiger partial charge in [-0.15, -0.1) is 11.3 Å². The summed E-state index contributed by atoms with van der Waals surface area (Å²) in [6, 6.07) is 13.4. The summed E-state index contributed by atoms with van der Waals surface area (Å²) in [4.78, 5) is 32.0. The van der Waals surface area contributed by atoms with Crippen molar-refractivity contribution < 1.29 is 23.1 Å². The number of nitrogens with zero attached hydrogens (tertiary/aromatic N) is 2. The summed E-state index contributed by atoms with van der Waals surface area (Å²) in [6.45, 7) is 3.65. The van der Waals surface area contributed by atoms with Gasteiger partial charge >= 0.3 is 0 Å². The Bertz CT molecular complexity index is 1060. The maximum Gasteiger partial charge on any atom is 0.290 e. The predicted molar refractivity (Wildman–Crippen MR) is 123 cm³/mol. The molecule has 174 valence electrons. The van der Waals surface area contributed by atoms with Crippen LogP contribution in [0.5, 0.6) is 0 Å². The molecular formula is C25H27FN2O4S. The average Bonchev–Trinajstić information content (AvgIpc) is 3.57. The Labute approximate surface area is 196 Å². The molecule has 0 spiro atoms. The number of benzene rings is 1. The van der Waals surface area contributed by atoms with Gasteiger partial charge in [-0.3, -0.25) is 9.59 Å². The molecule has 2 aromatic heterocycles. The fraction of sp³-hybridized carbons (Fsp3) is 0.360. The Morgan fingerprint density at radius 2 is 1.91 bits per heavy atom. The number of hydrogen-bond acceptors (Lipinski definition) is 5. The van der Waals surface area contributed by atoms with Gasteiger partial charge in [-0.2, -0.15) is 0 Å². The zero-order valence-corrected chi connectivity index (χ0v) is 19.4. The van der Waals surface area contributed by atoms with E-state index in [9.17, 15) is 14.0 Å². The fourth-order valence-electron chi connectivity index (χ4n) is 3.87. The van der Waals surface area contributed by atoms with Crippen molar-refractivity contribution in [2.75, 3.05) is 19.7 Å². The Balaban J connectivity index is 1.53. The van der Waals surface area contributed by atoms with Crippen LogP contribution in [0, 0.1) is 12.7 Å². The molecule has 1 aromatic carbocycles. The first kappa shape index (κ1) is 23.2. The summed E-state index contributed by atoms with van der Waals surface area (Å²) in [7, 11) is 0. The van der Waals surface area contributed by atoms with E-state index in [-0.39, 0.29) is 36.0 Å². The summed E-state index contributed by atoms with van der Waals surface area (Å²) in [5.74, 6) is -0.655. The van der Waals surface area contributed by atoms with Gasteiger partial charge in [-0.25, -0.2) is 4.39 Å². The summed E-state index contributed by atoms with van der Waals surface area (Å²) >= 11 is 1.63. The largest absolute Gasteiger partial charge is 0.459 e. The third-order valence-electron chi connectivity index (χ3n) is 5.58. The third kappa shape index (κ3) is 6.30. The first-order valence-electron chi connectivity index (χ1n) is 11.0. The van der Waals surface area contributed by atoms with Gasteiger partial charge in [0.05, 0.1) is 18.9 Å². The zero-order valence-electron chi connectivity index (χ0n) is 18.5. The number of carbonyl (C=O) groups excluding carboxylic acids is 2. The standard InChI is InChI=1S/C25H27FN2O4S/c1-18-6-11-22(33-18)16-27(14-19-7-9-20(26)10-8-19)24(29)17-28(15-21-4-2-12-31-21)25(30)23-5-3-13-32-23/h3,5-11,13,21H,2,4,12,14-17H2,1H3. The summed E-state index contributed by atoms with van der Waals surface area (Å²) < 4.78 is 24.4. The van der Waals surface area contributed by atoms with Crippen LogP contribution in [0.2, 0.25) is 0 Å². The van der Waals surface area contributed by atoms with Crippen LogP contribution < -0.4 is 0 Å². The molecule has 0 saturated carbocycles. The molecule has 1 fully saturated rings. The average molecular weight is 471 g/mol. The second-order valence-electron chi connectivity index (χ2n) is 8.19. The number of hydrogen-bond donors (Lipinski definition) is 0. The lowest BCUT2D eigenvalue weighted by Gasteiger charge is -2.28. The van der Waals surface area contributed by atoms with Gasteiger partial charge in [0.25, 0.3) is 5.91 Å². The highest BCUT2D eigenvalue weighted by atomic mass is 32.1. The number of carbonyl (C=O) groups is 2. The van der Waals surface area contributed by atoms with E-state index in [2.05, 4.69) is 0 Å². The number of furan rings is 1. The molecule has 0 aliphatic carbocycles. The normalized spacial score (nSPS) is 15.5. The minimum Gasteiger partial charge on any atom is -0.459 e. The highest BCUT2D eigenvalue weighted by molar-refractivity contribution is 7.11. The molecule has 33 heavy (non-hydrogen) atoms. The van der Waals surface area contributed by atoms with Crippen molar-refractivity contribution in [3.8, 4) is 0 Å². The van der Waals surface area contributed by atoms with Gasteiger partial charge in [-0.05, 0) is 61.7 Å². The number of halogens is 1. The molecule has 0 N–H and O–H groups in total. The van der Waals surface area contributed by atoms with E-state index in [1.54, 1.807) is 40.5 Å². The first-order valence-corrected chi connectivity index (χ1v) is 11.8. The molecule has 1 atom stereocenters. The maximum absolute atomic E-state index is 13.5. The highest BCUT2D eigenvalue weighted by Crippen LogP contribution is 2.20. The van der Waals surface area contributed by atoms with Crippen molar-refractivity contribution in [2.24, 2.45) is 0 Å².